The second-order valence-electron chi connectivity index (χ2n) is 6.68. The zero-order valence-electron chi connectivity index (χ0n) is 13.8. The molecule has 3 aliphatic rings. The first-order valence-electron chi connectivity index (χ1n) is 8.55. The first kappa shape index (κ1) is 16.2. The van der Waals surface area contributed by atoms with Crippen molar-refractivity contribution in [2.45, 2.75) is 63.3 Å². The molecule has 5 nitrogen and oxygen atoms in total. The van der Waals surface area contributed by atoms with Crippen molar-refractivity contribution in [1.29, 1.82) is 0 Å². The molecule has 0 N–H and O–H groups in total. The fourth-order valence-electron chi connectivity index (χ4n) is 3.85. The SMILES string of the molecule is CCC(=O)OC1C=CC=CC1C(=O)OC1CC2CCC(C1)N2C. The van der Waals surface area contributed by atoms with Crippen molar-refractivity contribution in [3.8, 4) is 0 Å². The summed E-state index contributed by atoms with van der Waals surface area (Å²) >= 11 is 0. The van der Waals surface area contributed by atoms with Crippen LogP contribution in [0.25, 0.3) is 0 Å². The summed E-state index contributed by atoms with van der Waals surface area (Å²) in [5.74, 6) is -1.12. The van der Waals surface area contributed by atoms with Crippen LogP contribution in [0.5, 0.6) is 0 Å². The minimum atomic E-state index is -0.553. The van der Waals surface area contributed by atoms with E-state index in [1.54, 1.807) is 31.2 Å². The number of piperidine rings is 1. The van der Waals surface area contributed by atoms with Gasteiger partial charge in [-0.15, -0.1) is 0 Å². The highest BCUT2D eigenvalue weighted by atomic mass is 16.6. The number of carbonyl (C=O) groups is 2. The molecule has 2 aliphatic heterocycles. The summed E-state index contributed by atoms with van der Waals surface area (Å²) in [6, 6.07) is 1.06. The fraction of sp³-hybridized carbons (Fsp3) is 0.667. The Balaban J connectivity index is 1.59. The summed E-state index contributed by atoms with van der Waals surface area (Å²) in [4.78, 5) is 26.5. The molecule has 4 unspecified atom stereocenters. The van der Waals surface area contributed by atoms with Crippen LogP contribution in [-0.4, -0.2) is 48.2 Å². The molecule has 0 aromatic carbocycles. The maximum atomic E-state index is 12.5. The van der Waals surface area contributed by atoms with E-state index in [2.05, 4.69) is 11.9 Å². The number of carbonyl (C=O) groups excluding carboxylic acids is 2. The number of hydrogen-bond acceptors (Lipinski definition) is 5. The van der Waals surface area contributed by atoms with E-state index in [4.69, 9.17) is 9.47 Å². The third kappa shape index (κ3) is 3.50. The predicted molar refractivity (Wildman–Crippen MR) is 85.6 cm³/mol. The Morgan fingerprint density at radius 3 is 2.39 bits per heavy atom. The van der Waals surface area contributed by atoms with Crippen molar-refractivity contribution in [3.05, 3.63) is 24.3 Å². The van der Waals surface area contributed by atoms with Gasteiger partial charge in [0.15, 0.2) is 0 Å². The summed E-state index contributed by atoms with van der Waals surface area (Å²) in [5, 5.41) is 0. The minimum Gasteiger partial charge on any atom is -0.462 e. The smallest absolute Gasteiger partial charge is 0.317 e. The van der Waals surface area contributed by atoms with Gasteiger partial charge in [-0.3, -0.25) is 9.59 Å². The summed E-state index contributed by atoms with van der Waals surface area (Å²) in [6.45, 7) is 1.74. The van der Waals surface area contributed by atoms with E-state index in [0.717, 1.165) is 12.8 Å². The molecule has 0 amide bonds. The van der Waals surface area contributed by atoms with E-state index >= 15 is 0 Å². The normalized spacial score (nSPS) is 36.0. The Hall–Kier alpha value is -1.62. The second kappa shape index (κ2) is 6.87. The van der Waals surface area contributed by atoms with Gasteiger partial charge in [0.25, 0.3) is 0 Å². The quantitative estimate of drug-likeness (QED) is 0.744. The highest BCUT2D eigenvalue weighted by Crippen LogP contribution is 2.36. The van der Waals surface area contributed by atoms with Gasteiger partial charge >= 0.3 is 11.9 Å². The average Bonchev–Trinajstić information content (AvgIpc) is 2.76. The lowest BCUT2D eigenvalue weighted by Gasteiger charge is -2.36. The van der Waals surface area contributed by atoms with Gasteiger partial charge in [0.1, 0.15) is 18.1 Å². The van der Waals surface area contributed by atoms with Crippen molar-refractivity contribution in [1.82, 2.24) is 4.90 Å². The molecule has 4 atom stereocenters. The topological polar surface area (TPSA) is 55.8 Å². The molecule has 5 heteroatoms. The molecular formula is C18H25NO4. The van der Waals surface area contributed by atoms with E-state index in [0.29, 0.717) is 18.5 Å². The van der Waals surface area contributed by atoms with Crippen LogP contribution >= 0.6 is 0 Å². The molecule has 2 bridgehead atoms. The Kier molecular flexibility index (Phi) is 4.85. The molecule has 2 saturated heterocycles. The number of ether oxygens (including phenoxy) is 2. The number of nitrogens with zero attached hydrogens (tertiary/aromatic N) is 1. The fourth-order valence-corrected chi connectivity index (χ4v) is 3.85. The first-order chi connectivity index (χ1) is 11.1. The zero-order chi connectivity index (χ0) is 16.4. The molecule has 2 heterocycles. The summed E-state index contributed by atoms with van der Waals surface area (Å²) < 4.78 is 11.1. The summed E-state index contributed by atoms with van der Waals surface area (Å²) in [5.41, 5.74) is 0. The number of rotatable bonds is 4. The van der Waals surface area contributed by atoms with Gasteiger partial charge in [-0.1, -0.05) is 25.2 Å². The van der Waals surface area contributed by atoms with E-state index in [-0.39, 0.29) is 18.0 Å². The maximum Gasteiger partial charge on any atom is 0.317 e. The van der Waals surface area contributed by atoms with Crippen LogP contribution in [0.15, 0.2) is 24.3 Å². The number of hydrogen-bond donors (Lipinski definition) is 0. The second-order valence-corrected chi connectivity index (χ2v) is 6.68. The van der Waals surface area contributed by atoms with E-state index in [1.807, 2.05) is 0 Å². The van der Waals surface area contributed by atoms with Gasteiger partial charge in [0, 0.05) is 18.5 Å². The van der Waals surface area contributed by atoms with Crippen molar-refractivity contribution < 1.29 is 19.1 Å². The summed E-state index contributed by atoms with van der Waals surface area (Å²) in [6.07, 6.45) is 11.0. The molecule has 0 aromatic heterocycles. The lowest BCUT2D eigenvalue weighted by Crippen LogP contribution is -2.44. The molecular weight excluding hydrogens is 294 g/mol. The largest absolute Gasteiger partial charge is 0.462 e. The predicted octanol–water partition coefficient (Wildman–Crippen LogP) is 2.22. The van der Waals surface area contributed by atoms with E-state index in [1.165, 1.54) is 12.8 Å². The van der Waals surface area contributed by atoms with Crippen LogP contribution in [-0.2, 0) is 19.1 Å². The molecule has 0 spiro atoms. The van der Waals surface area contributed by atoms with Gasteiger partial charge in [-0.05, 0) is 38.8 Å². The highest BCUT2D eigenvalue weighted by Gasteiger charge is 2.41. The molecule has 0 saturated carbocycles. The van der Waals surface area contributed by atoms with E-state index in [9.17, 15) is 9.59 Å². The van der Waals surface area contributed by atoms with Crippen molar-refractivity contribution in [3.63, 3.8) is 0 Å². The number of fused-ring (bicyclic) bond motifs is 2. The summed E-state index contributed by atoms with van der Waals surface area (Å²) in [7, 11) is 2.16. The van der Waals surface area contributed by atoms with Crippen LogP contribution in [0.4, 0.5) is 0 Å². The molecule has 0 radical (unpaired) electrons. The average molecular weight is 319 g/mol. The Bertz CT molecular complexity index is 513. The number of allylic oxidation sites excluding steroid dienone is 2. The van der Waals surface area contributed by atoms with Gasteiger partial charge in [0.05, 0.1) is 0 Å². The molecule has 126 valence electrons. The lowest BCUT2D eigenvalue weighted by atomic mass is 9.96. The van der Waals surface area contributed by atoms with Crippen LogP contribution < -0.4 is 0 Å². The Morgan fingerprint density at radius 1 is 1.09 bits per heavy atom. The molecule has 3 rings (SSSR count). The van der Waals surface area contributed by atoms with Gasteiger partial charge in [-0.2, -0.15) is 0 Å². The Morgan fingerprint density at radius 2 is 1.74 bits per heavy atom. The standard InChI is InChI=1S/C18H25NO4/c1-3-17(20)23-16-7-5-4-6-15(16)18(21)22-14-10-12-8-9-13(11-14)19(12)2/h4-7,12-16H,3,8-11H2,1-2H3. The molecule has 23 heavy (non-hydrogen) atoms. The number of esters is 2. The van der Waals surface area contributed by atoms with Crippen molar-refractivity contribution in [2.24, 2.45) is 5.92 Å². The monoisotopic (exact) mass is 319 g/mol. The third-order valence-electron chi connectivity index (χ3n) is 5.25. The zero-order valence-corrected chi connectivity index (χ0v) is 13.8. The van der Waals surface area contributed by atoms with Gasteiger partial charge in [0.2, 0.25) is 0 Å². The van der Waals surface area contributed by atoms with Crippen LogP contribution in [0.3, 0.4) is 0 Å². The van der Waals surface area contributed by atoms with Crippen LogP contribution in [0, 0.1) is 5.92 Å². The van der Waals surface area contributed by atoms with Crippen molar-refractivity contribution in [2.75, 3.05) is 7.05 Å². The molecule has 1 aliphatic carbocycles. The maximum absolute atomic E-state index is 12.5. The van der Waals surface area contributed by atoms with Crippen molar-refractivity contribution >= 4 is 11.9 Å². The highest BCUT2D eigenvalue weighted by molar-refractivity contribution is 5.77. The minimum absolute atomic E-state index is 0.0157. The van der Waals surface area contributed by atoms with Gasteiger partial charge in [-0.25, -0.2) is 0 Å². The molecule has 2 fully saturated rings. The van der Waals surface area contributed by atoms with Gasteiger partial charge < -0.3 is 14.4 Å². The lowest BCUT2D eigenvalue weighted by molar-refractivity contribution is -0.162. The first-order valence-corrected chi connectivity index (χ1v) is 8.55. The van der Waals surface area contributed by atoms with Crippen LogP contribution in [0.1, 0.15) is 39.0 Å². The van der Waals surface area contributed by atoms with E-state index < -0.39 is 12.0 Å². The molecule has 0 aromatic rings. The van der Waals surface area contributed by atoms with Crippen LogP contribution in [0.2, 0.25) is 0 Å². The Labute approximate surface area is 137 Å². The third-order valence-corrected chi connectivity index (χ3v) is 5.25.